The zero-order valence-corrected chi connectivity index (χ0v) is 21.6. The van der Waals surface area contributed by atoms with Gasteiger partial charge in [-0.2, -0.15) is 0 Å². The summed E-state index contributed by atoms with van der Waals surface area (Å²) in [5.41, 5.74) is 6.43. The lowest BCUT2D eigenvalue weighted by Gasteiger charge is -2.37. The molecule has 3 heterocycles. The SMILES string of the molecule is CCNC(=O)c1ccc(C(=C2CC3CCC(C2)N3Cc2ccoc2)c2ccc(S(C)(=O)=O)cc2)cc1. The predicted octanol–water partition coefficient (Wildman–Crippen LogP) is 5.06. The lowest BCUT2D eigenvalue weighted by Crippen LogP contribution is -2.40. The average molecular weight is 505 g/mol. The Balaban J connectivity index is 1.52. The first-order valence-electron chi connectivity index (χ1n) is 12.5. The third-order valence-electron chi connectivity index (χ3n) is 7.38. The summed E-state index contributed by atoms with van der Waals surface area (Å²) in [6, 6.07) is 17.9. The Labute approximate surface area is 212 Å². The molecule has 0 aliphatic carbocycles. The first-order valence-corrected chi connectivity index (χ1v) is 14.4. The van der Waals surface area contributed by atoms with Gasteiger partial charge in [-0.1, -0.05) is 29.8 Å². The highest BCUT2D eigenvalue weighted by molar-refractivity contribution is 7.90. The van der Waals surface area contributed by atoms with E-state index in [4.69, 9.17) is 4.42 Å². The van der Waals surface area contributed by atoms with Gasteiger partial charge in [0.2, 0.25) is 0 Å². The molecule has 5 rings (SSSR count). The highest BCUT2D eigenvalue weighted by Gasteiger charge is 2.39. The lowest BCUT2D eigenvalue weighted by atomic mass is 9.85. The molecular formula is C29H32N2O4S. The number of hydrogen-bond acceptors (Lipinski definition) is 5. The third kappa shape index (κ3) is 5.04. The van der Waals surface area contributed by atoms with Crippen molar-refractivity contribution < 1.29 is 17.6 Å². The fraction of sp³-hybridized carbons (Fsp3) is 0.345. The molecule has 2 saturated heterocycles. The third-order valence-corrected chi connectivity index (χ3v) is 8.51. The van der Waals surface area contributed by atoms with Crippen molar-refractivity contribution in [2.24, 2.45) is 0 Å². The smallest absolute Gasteiger partial charge is 0.251 e. The summed E-state index contributed by atoms with van der Waals surface area (Å²) < 4.78 is 29.4. The number of piperidine rings is 1. The summed E-state index contributed by atoms with van der Waals surface area (Å²) >= 11 is 0. The van der Waals surface area contributed by atoms with Crippen molar-refractivity contribution in [1.29, 1.82) is 0 Å². The topological polar surface area (TPSA) is 79.6 Å². The summed E-state index contributed by atoms with van der Waals surface area (Å²) in [5, 5.41) is 2.85. The number of furan rings is 1. The maximum atomic E-state index is 12.3. The molecule has 188 valence electrons. The number of rotatable bonds is 7. The minimum absolute atomic E-state index is 0.0821. The largest absolute Gasteiger partial charge is 0.472 e. The zero-order chi connectivity index (χ0) is 25.3. The van der Waals surface area contributed by atoms with Crippen LogP contribution in [0, 0.1) is 0 Å². The molecule has 36 heavy (non-hydrogen) atoms. The van der Waals surface area contributed by atoms with Crippen LogP contribution in [0.2, 0.25) is 0 Å². The van der Waals surface area contributed by atoms with Gasteiger partial charge < -0.3 is 9.73 Å². The fourth-order valence-corrected chi connectivity index (χ4v) is 6.29. The first-order chi connectivity index (χ1) is 17.3. The molecule has 2 aliphatic rings. The maximum Gasteiger partial charge on any atom is 0.251 e. The number of benzene rings is 2. The van der Waals surface area contributed by atoms with E-state index >= 15 is 0 Å². The monoisotopic (exact) mass is 504 g/mol. The number of sulfone groups is 1. The summed E-state index contributed by atoms with van der Waals surface area (Å²) in [4.78, 5) is 15.2. The Morgan fingerprint density at radius 2 is 1.53 bits per heavy atom. The van der Waals surface area contributed by atoms with Crippen LogP contribution < -0.4 is 5.32 Å². The van der Waals surface area contributed by atoms with Gasteiger partial charge in [-0.3, -0.25) is 9.69 Å². The van der Waals surface area contributed by atoms with Gasteiger partial charge in [0.05, 0.1) is 17.4 Å². The molecule has 1 N–H and O–H groups in total. The van der Waals surface area contributed by atoms with E-state index in [1.54, 1.807) is 18.4 Å². The van der Waals surface area contributed by atoms with Crippen LogP contribution in [-0.2, 0) is 16.4 Å². The van der Waals surface area contributed by atoms with Crippen LogP contribution in [-0.4, -0.2) is 44.1 Å². The number of carbonyl (C=O) groups is 1. The number of nitrogens with one attached hydrogen (secondary N) is 1. The zero-order valence-electron chi connectivity index (χ0n) is 20.7. The number of amides is 1. The average Bonchev–Trinajstić information content (AvgIpc) is 3.45. The van der Waals surface area contributed by atoms with Crippen LogP contribution >= 0.6 is 0 Å². The van der Waals surface area contributed by atoms with Gasteiger partial charge >= 0.3 is 0 Å². The van der Waals surface area contributed by atoms with Crippen molar-refractivity contribution in [3.05, 3.63) is 95.0 Å². The summed E-state index contributed by atoms with van der Waals surface area (Å²) in [6.45, 7) is 3.39. The second-order valence-corrected chi connectivity index (χ2v) is 11.8. The van der Waals surface area contributed by atoms with Crippen molar-refractivity contribution in [1.82, 2.24) is 10.2 Å². The van der Waals surface area contributed by atoms with E-state index in [0.717, 1.165) is 36.1 Å². The molecule has 7 heteroatoms. The van der Waals surface area contributed by atoms with Crippen LogP contribution in [0.3, 0.4) is 0 Å². The Morgan fingerprint density at radius 3 is 2.06 bits per heavy atom. The van der Waals surface area contributed by atoms with Crippen LogP contribution in [0.1, 0.15) is 59.7 Å². The second kappa shape index (κ2) is 10.1. The van der Waals surface area contributed by atoms with Crippen molar-refractivity contribution in [2.75, 3.05) is 12.8 Å². The summed E-state index contributed by atoms with van der Waals surface area (Å²) in [6.07, 6.45) is 9.07. The van der Waals surface area contributed by atoms with Crippen LogP contribution in [0.15, 0.2) is 82.0 Å². The van der Waals surface area contributed by atoms with Gasteiger partial charge in [0.1, 0.15) is 0 Å². The molecule has 2 atom stereocenters. The van der Waals surface area contributed by atoms with Crippen molar-refractivity contribution in [3.8, 4) is 0 Å². The molecule has 2 aromatic carbocycles. The van der Waals surface area contributed by atoms with Crippen molar-refractivity contribution in [3.63, 3.8) is 0 Å². The van der Waals surface area contributed by atoms with Crippen LogP contribution in [0.25, 0.3) is 5.57 Å². The first kappa shape index (κ1) is 24.5. The number of fused-ring (bicyclic) bond motifs is 2. The number of carbonyl (C=O) groups excluding carboxylic acids is 1. The second-order valence-electron chi connectivity index (χ2n) is 9.81. The molecule has 0 radical (unpaired) electrons. The van der Waals surface area contributed by atoms with Gasteiger partial charge in [0.25, 0.3) is 5.91 Å². The predicted molar refractivity (Wildman–Crippen MR) is 140 cm³/mol. The van der Waals surface area contributed by atoms with Crippen molar-refractivity contribution >= 4 is 21.3 Å². The highest BCUT2D eigenvalue weighted by Crippen LogP contribution is 2.43. The standard InChI is InChI=1S/C29H32N2O4S/c1-3-30-29(32)23-6-4-21(5-7-23)28(22-8-12-27(13-9-22)36(2,33)34)24-16-25-10-11-26(17-24)31(25)18-20-14-15-35-19-20/h4-9,12-15,19,25-26H,3,10-11,16-18H2,1-2H3,(H,30,32). The molecule has 2 bridgehead atoms. The Morgan fingerprint density at radius 1 is 0.944 bits per heavy atom. The van der Waals surface area contributed by atoms with E-state index in [1.807, 2.05) is 55.7 Å². The van der Waals surface area contributed by atoms with E-state index in [0.29, 0.717) is 29.1 Å². The summed E-state index contributed by atoms with van der Waals surface area (Å²) in [5.74, 6) is -0.0821. The summed E-state index contributed by atoms with van der Waals surface area (Å²) in [7, 11) is -3.27. The van der Waals surface area contributed by atoms with Crippen LogP contribution in [0.5, 0.6) is 0 Å². The maximum absolute atomic E-state index is 12.3. The minimum atomic E-state index is -3.27. The Bertz CT molecular complexity index is 1340. The molecule has 6 nitrogen and oxygen atoms in total. The fourth-order valence-electron chi connectivity index (χ4n) is 5.66. The molecular weight excluding hydrogens is 472 g/mol. The number of hydrogen-bond donors (Lipinski definition) is 1. The van der Waals surface area contributed by atoms with Gasteiger partial charge in [-0.15, -0.1) is 0 Å². The molecule has 0 saturated carbocycles. The van der Waals surface area contributed by atoms with Gasteiger partial charge in [-0.05, 0) is 79.6 Å². The number of nitrogens with zero attached hydrogens (tertiary/aromatic N) is 1. The molecule has 1 aromatic heterocycles. The molecule has 0 spiro atoms. The molecule has 2 fully saturated rings. The molecule has 2 unspecified atom stereocenters. The van der Waals surface area contributed by atoms with E-state index in [2.05, 4.69) is 10.2 Å². The molecule has 3 aromatic rings. The van der Waals surface area contributed by atoms with E-state index in [1.165, 1.54) is 30.2 Å². The van der Waals surface area contributed by atoms with Crippen LogP contribution in [0.4, 0.5) is 0 Å². The quantitative estimate of drug-likeness (QED) is 0.486. The minimum Gasteiger partial charge on any atom is -0.472 e. The molecule has 1 amide bonds. The van der Waals surface area contributed by atoms with E-state index in [9.17, 15) is 13.2 Å². The van der Waals surface area contributed by atoms with Gasteiger partial charge in [-0.25, -0.2) is 8.42 Å². The van der Waals surface area contributed by atoms with Gasteiger partial charge in [0.15, 0.2) is 9.84 Å². The lowest BCUT2D eigenvalue weighted by molar-refractivity contribution is 0.0956. The highest BCUT2D eigenvalue weighted by atomic mass is 32.2. The normalized spacial score (nSPS) is 19.9. The van der Waals surface area contributed by atoms with Gasteiger partial charge in [0, 0.05) is 42.6 Å². The van der Waals surface area contributed by atoms with E-state index < -0.39 is 9.84 Å². The molecule has 2 aliphatic heterocycles. The Kier molecular flexibility index (Phi) is 6.86. The van der Waals surface area contributed by atoms with Crippen molar-refractivity contribution in [2.45, 2.75) is 56.1 Å². The van der Waals surface area contributed by atoms with E-state index in [-0.39, 0.29) is 5.91 Å². The Hall–Kier alpha value is -3.16.